The molecule has 0 aliphatic heterocycles. The maximum atomic E-state index is 11.9. The fourth-order valence-corrected chi connectivity index (χ4v) is 1.87. The van der Waals surface area contributed by atoms with E-state index in [4.69, 9.17) is 11.6 Å². The highest BCUT2D eigenvalue weighted by molar-refractivity contribution is 6.33. The summed E-state index contributed by atoms with van der Waals surface area (Å²) in [6.07, 6.45) is 4.10. The Morgan fingerprint density at radius 2 is 2.10 bits per heavy atom. The first kappa shape index (κ1) is 14.3. The van der Waals surface area contributed by atoms with Crippen LogP contribution >= 0.6 is 11.6 Å². The molecule has 1 aromatic heterocycles. The number of rotatable bonds is 5. The van der Waals surface area contributed by atoms with Crippen LogP contribution in [0.15, 0.2) is 42.7 Å². The highest BCUT2D eigenvalue weighted by Gasteiger charge is 2.07. The lowest BCUT2D eigenvalue weighted by molar-refractivity contribution is 0.0953. The van der Waals surface area contributed by atoms with Gasteiger partial charge in [0.1, 0.15) is 0 Å². The molecule has 0 saturated heterocycles. The van der Waals surface area contributed by atoms with Gasteiger partial charge in [-0.25, -0.2) is 0 Å². The lowest BCUT2D eigenvalue weighted by Crippen LogP contribution is -2.24. The molecule has 1 heterocycles. The summed E-state index contributed by atoms with van der Waals surface area (Å²) in [4.78, 5) is 15.9. The molecule has 2 N–H and O–H groups in total. The standard InChI is InChI=1S/C15H16ClN3O/c1-2-7-18-15(20)11-8-12(10-17-9-11)19-14-6-4-3-5-13(14)16/h3-6,8-10,19H,2,7H2,1H3,(H,18,20). The van der Waals surface area contributed by atoms with Crippen LogP contribution in [0.2, 0.25) is 5.02 Å². The van der Waals surface area contributed by atoms with Crippen LogP contribution in [-0.4, -0.2) is 17.4 Å². The Morgan fingerprint density at radius 3 is 2.85 bits per heavy atom. The van der Waals surface area contributed by atoms with Crippen LogP contribution in [0.1, 0.15) is 23.7 Å². The Bertz CT molecular complexity index is 601. The number of hydrogen-bond acceptors (Lipinski definition) is 3. The summed E-state index contributed by atoms with van der Waals surface area (Å²) in [5.74, 6) is -0.123. The Hall–Kier alpha value is -2.07. The van der Waals surface area contributed by atoms with E-state index in [9.17, 15) is 4.79 Å². The van der Waals surface area contributed by atoms with Crippen molar-refractivity contribution in [3.63, 3.8) is 0 Å². The van der Waals surface area contributed by atoms with Gasteiger partial charge in [-0.05, 0) is 24.6 Å². The largest absolute Gasteiger partial charge is 0.353 e. The number of hydrogen-bond donors (Lipinski definition) is 2. The van der Waals surface area contributed by atoms with Crippen molar-refractivity contribution >= 4 is 28.9 Å². The van der Waals surface area contributed by atoms with Gasteiger partial charge < -0.3 is 10.6 Å². The molecule has 2 rings (SSSR count). The molecule has 0 fully saturated rings. The zero-order chi connectivity index (χ0) is 14.4. The molecule has 0 spiro atoms. The van der Waals surface area contributed by atoms with E-state index in [1.807, 2.05) is 25.1 Å². The van der Waals surface area contributed by atoms with Crippen molar-refractivity contribution in [3.05, 3.63) is 53.3 Å². The first-order valence-electron chi connectivity index (χ1n) is 6.45. The fourth-order valence-electron chi connectivity index (χ4n) is 1.69. The predicted molar refractivity (Wildman–Crippen MR) is 81.6 cm³/mol. The van der Waals surface area contributed by atoms with Crippen LogP contribution in [0.4, 0.5) is 11.4 Å². The van der Waals surface area contributed by atoms with Gasteiger partial charge in [0.15, 0.2) is 0 Å². The van der Waals surface area contributed by atoms with Crippen molar-refractivity contribution in [2.45, 2.75) is 13.3 Å². The van der Waals surface area contributed by atoms with Gasteiger partial charge in [-0.3, -0.25) is 9.78 Å². The molecule has 2 aromatic rings. The van der Waals surface area contributed by atoms with Crippen molar-refractivity contribution in [1.29, 1.82) is 0 Å². The van der Waals surface area contributed by atoms with Crippen LogP contribution in [0.5, 0.6) is 0 Å². The summed E-state index contributed by atoms with van der Waals surface area (Å²) >= 11 is 6.08. The third-order valence-corrected chi connectivity index (χ3v) is 3.02. The molecule has 1 amide bonds. The Kier molecular flexibility index (Phi) is 4.96. The van der Waals surface area contributed by atoms with Crippen LogP contribution in [0.3, 0.4) is 0 Å². The van der Waals surface area contributed by atoms with Gasteiger partial charge in [-0.2, -0.15) is 0 Å². The number of para-hydroxylation sites is 1. The number of aromatic nitrogens is 1. The quantitative estimate of drug-likeness (QED) is 0.884. The van der Waals surface area contributed by atoms with Crippen molar-refractivity contribution in [1.82, 2.24) is 10.3 Å². The summed E-state index contributed by atoms with van der Waals surface area (Å²) in [6.45, 7) is 2.66. The number of pyridine rings is 1. The zero-order valence-corrected chi connectivity index (χ0v) is 11.9. The molecular weight excluding hydrogens is 274 g/mol. The molecule has 0 saturated carbocycles. The van der Waals surface area contributed by atoms with Crippen molar-refractivity contribution < 1.29 is 4.79 Å². The SMILES string of the molecule is CCCNC(=O)c1cncc(Nc2ccccc2Cl)c1. The topological polar surface area (TPSA) is 54.0 Å². The minimum absolute atomic E-state index is 0.123. The Labute approximate surface area is 123 Å². The summed E-state index contributed by atoms with van der Waals surface area (Å²) in [5.41, 5.74) is 2.03. The minimum Gasteiger partial charge on any atom is -0.353 e. The zero-order valence-electron chi connectivity index (χ0n) is 11.2. The Morgan fingerprint density at radius 1 is 1.30 bits per heavy atom. The second kappa shape index (κ2) is 6.91. The number of nitrogens with zero attached hydrogens (tertiary/aromatic N) is 1. The number of amides is 1. The van der Waals surface area contributed by atoms with E-state index in [0.717, 1.165) is 17.8 Å². The van der Waals surface area contributed by atoms with Gasteiger partial charge in [0.05, 0.1) is 28.2 Å². The molecule has 0 bridgehead atoms. The predicted octanol–water partition coefficient (Wildman–Crippen LogP) is 3.62. The normalized spacial score (nSPS) is 10.1. The Balaban J connectivity index is 2.14. The van der Waals surface area contributed by atoms with Gasteiger partial charge in [0.2, 0.25) is 0 Å². The van der Waals surface area contributed by atoms with E-state index >= 15 is 0 Å². The molecule has 0 aliphatic rings. The number of anilines is 2. The minimum atomic E-state index is -0.123. The van der Waals surface area contributed by atoms with Crippen LogP contribution in [-0.2, 0) is 0 Å². The van der Waals surface area contributed by atoms with Crippen molar-refractivity contribution in [2.24, 2.45) is 0 Å². The van der Waals surface area contributed by atoms with Gasteiger partial charge in [0.25, 0.3) is 5.91 Å². The summed E-state index contributed by atoms with van der Waals surface area (Å²) in [7, 11) is 0. The lowest BCUT2D eigenvalue weighted by atomic mass is 10.2. The highest BCUT2D eigenvalue weighted by Crippen LogP contribution is 2.24. The molecule has 0 radical (unpaired) electrons. The summed E-state index contributed by atoms with van der Waals surface area (Å²) < 4.78 is 0. The van der Waals surface area contributed by atoms with E-state index in [-0.39, 0.29) is 5.91 Å². The maximum Gasteiger partial charge on any atom is 0.252 e. The average Bonchev–Trinajstić information content (AvgIpc) is 2.47. The first-order chi connectivity index (χ1) is 9.70. The molecular formula is C15H16ClN3O. The lowest BCUT2D eigenvalue weighted by Gasteiger charge is -2.09. The van der Waals surface area contributed by atoms with E-state index < -0.39 is 0 Å². The summed E-state index contributed by atoms with van der Waals surface area (Å²) in [6, 6.07) is 9.17. The maximum absolute atomic E-state index is 11.9. The molecule has 0 atom stereocenters. The molecule has 0 unspecified atom stereocenters. The smallest absolute Gasteiger partial charge is 0.252 e. The first-order valence-corrected chi connectivity index (χ1v) is 6.83. The number of benzene rings is 1. The number of carbonyl (C=O) groups is 1. The second-order valence-corrected chi connectivity index (χ2v) is 4.73. The van der Waals surface area contributed by atoms with Crippen LogP contribution in [0, 0.1) is 0 Å². The molecule has 1 aromatic carbocycles. The van der Waals surface area contributed by atoms with E-state index in [0.29, 0.717) is 17.1 Å². The second-order valence-electron chi connectivity index (χ2n) is 4.32. The van der Waals surface area contributed by atoms with Gasteiger partial charge in [-0.15, -0.1) is 0 Å². The third-order valence-electron chi connectivity index (χ3n) is 2.69. The number of nitrogens with one attached hydrogen (secondary N) is 2. The van der Waals surface area contributed by atoms with Gasteiger partial charge in [0, 0.05) is 12.7 Å². The van der Waals surface area contributed by atoms with Crippen LogP contribution in [0.25, 0.3) is 0 Å². The monoisotopic (exact) mass is 289 g/mol. The van der Waals surface area contributed by atoms with Crippen molar-refractivity contribution in [3.8, 4) is 0 Å². The van der Waals surface area contributed by atoms with E-state index in [1.54, 1.807) is 24.5 Å². The number of halogens is 1. The fraction of sp³-hybridized carbons (Fsp3) is 0.200. The molecule has 20 heavy (non-hydrogen) atoms. The van der Waals surface area contributed by atoms with Gasteiger partial charge >= 0.3 is 0 Å². The van der Waals surface area contributed by atoms with Crippen molar-refractivity contribution in [2.75, 3.05) is 11.9 Å². The van der Waals surface area contributed by atoms with E-state index in [2.05, 4.69) is 15.6 Å². The third kappa shape index (κ3) is 3.71. The molecule has 4 nitrogen and oxygen atoms in total. The van der Waals surface area contributed by atoms with Crippen LogP contribution < -0.4 is 10.6 Å². The molecule has 5 heteroatoms. The number of carbonyl (C=O) groups excluding carboxylic acids is 1. The molecule has 0 aliphatic carbocycles. The van der Waals surface area contributed by atoms with E-state index in [1.165, 1.54) is 0 Å². The average molecular weight is 290 g/mol. The highest BCUT2D eigenvalue weighted by atomic mass is 35.5. The van der Waals surface area contributed by atoms with Gasteiger partial charge in [-0.1, -0.05) is 30.7 Å². The molecule has 104 valence electrons. The summed E-state index contributed by atoms with van der Waals surface area (Å²) in [5, 5.41) is 6.59.